The second-order valence-electron chi connectivity index (χ2n) is 12.4. The summed E-state index contributed by atoms with van der Waals surface area (Å²) in [6.45, 7) is 4.07. The Morgan fingerprint density at radius 1 is 0.679 bits per heavy atom. The number of esters is 4. The first-order valence-electron chi connectivity index (χ1n) is 16.7. The van der Waals surface area contributed by atoms with E-state index in [2.05, 4.69) is 5.32 Å². The molecule has 0 unspecified atom stereocenters. The highest BCUT2D eigenvalue weighted by molar-refractivity contribution is 5.81. The first kappa shape index (κ1) is 38.3. The Kier molecular flexibility index (Phi) is 12.3. The zero-order valence-corrected chi connectivity index (χ0v) is 29.3. The lowest BCUT2D eigenvalue weighted by molar-refractivity contribution is -0.288. The normalized spacial score (nSPS) is 20.8. The molecule has 3 aromatic rings. The van der Waals surface area contributed by atoms with Gasteiger partial charge in [0, 0.05) is 40.0 Å². The van der Waals surface area contributed by atoms with Gasteiger partial charge in [-0.25, -0.2) is 9.59 Å². The van der Waals surface area contributed by atoms with Gasteiger partial charge < -0.3 is 43.6 Å². The molecule has 0 spiro atoms. The molecule has 1 heterocycles. The highest BCUT2D eigenvalue weighted by atomic mass is 16.7. The Morgan fingerprint density at radius 3 is 1.77 bits per heavy atom. The number of nitrogens with one attached hydrogen (secondary N) is 1. The number of hydrogen-bond donors (Lipinski definition) is 2. The van der Waals surface area contributed by atoms with Crippen LogP contribution in [0.4, 0.5) is 4.79 Å². The predicted octanol–water partition coefficient (Wildman–Crippen LogP) is 3.68. The molecule has 1 saturated heterocycles. The summed E-state index contributed by atoms with van der Waals surface area (Å²) < 4.78 is 38.8. The van der Waals surface area contributed by atoms with Gasteiger partial charge in [-0.15, -0.1) is 0 Å². The number of rotatable bonds is 13. The highest BCUT2D eigenvalue weighted by Crippen LogP contribution is 2.44. The molecule has 1 aliphatic heterocycles. The minimum Gasteiger partial charge on any atom is -0.480 e. The van der Waals surface area contributed by atoms with Crippen molar-refractivity contribution in [3.63, 3.8) is 0 Å². The van der Waals surface area contributed by atoms with E-state index in [1.165, 1.54) is 12.1 Å². The van der Waals surface area contributed by atoms with Crippen molar-refractivity contribution < 1.29 is 67.0 Å². The van der Waals surface area contributed by atoms with Crippen LogP contribution in [0.1, 0.15) is 50.3 Å². The molecule has 2 aliphatic rings. The van der Waals surface area contributed by atoms with Crippen LogP contribution >= 0.6 is 0 Å². The van der Waals surface area contributed by atoms with Gasteiger partial charge in [0.2, 0.25) is 12.4 Å². The molecule has 3 aromatic carbocycles. The maximum Gasteiger partial charge on any atom is 0.407 e. The smallest absolute Gasteiger partial charge is 0.407 e. The summed E-state index contributed by atoms with van der Waals surface area (Å²) in [5, 5.41) is 12.3. The van der Waals surface area contributed by atoms with E-state index in [-0.39, 0.29) is 24.7 Å². The van der Waals surface area contributed by atoms with Crippen LogP contribution in [0.2, 0.25) is 0 Å². The van der Waals surface area contributed by atoms with Gasteiger partial charge in [0.1, 0.15) is 31.1 Å². The molecular weight excluding hydrogens is 694 g/mol. The van der Waals surface area contributed by atoms with Crippen LogP contribution < -0.4 is 10.1 Å². The Bertz CT molecular complexity index is 1800. The van der Waals surface area contributed by atoms with Crippen LogP contribution in [-0.4, -0.2) is 91.0 Å². The zero-order valence-electron chi connectivity index (χ0n) is 29.3. The maximum atomic E-state index is 12.8. The number of hydrogen-bond acceptors (Lipinski definition) is 13. The fourth-order valence-electron chi connectivity index (χ4n) is 6.34. The maximum absolute atomic E-state index is 12.8. The number of carboxylic acids is 1. The van der Waals surface area contributed by atoms with Gasteiger partial charge in [-0.2, -0.15) is 0 Å². The number of carbonyl (C=O) groups is 6. The van der Waals surface area contributed by atoms with E-state index in [1.807, 2.05) is 48.5 Å². The number of ether oxygens (including phenoxy) is 7. The van der Waals surface area contributed by atoms with E-state index in [4.69, 9.17) is 33.2 Å². The average Bonchev–Trinajstić information content (AvgIpc) is 3.42. The summed E-state index contributed by atoms with van der Waals surface area (Å²) in [7, 11) is 0. The van der Waals surface area contributed by atoms with Crippen molar-refractivity contribution >= 4 is 35.9 Å². The van der Waals surface area contributed by atoms with E-state index < -0.39 is 79.3 Å². The molecule has 15 heteroatoms. The van der Waals surface area contributed by atoms with Crippen LogP contribution in [0.5, 0.6) is 5.75 Å². The van der Waals surface area contributed by atoms with Gasteiger partial charge in [0.25, 0.3) is 0 Å². The Balaban J connectivity index is 1.26. The second-order valence-corrected chi connectivity index (χ2v) is 12.4. The van der Waals surface area contributed by atoms with Crippen molar-refractivity contribution in [3.8, 4) is 16.9 Å². The predicted molar refractivity (Wildman–Crippen MR) is 182 cm³/mol. The van der Waals surface area contributed by atoms with E-state index in [9.17, 15) is 33.9 Å². The van der Waals surface area contributed by atoms with E-state index in [0.29, 0.717) is 5.56 Å². The summed E-state index contributed by atoms with van der Waals surface area (Å²) in [6, 6.07) is 20.4. The standard InChI is InChI=1S/C38H39NO14/c1-20(40)47-19-32-33(49-21(2)41)34(50-22(3)42)35(51-23(4)43)37(53-32)52-25-15-13-24(14-16-25)17-31(36(44)45)39-38(46)48-18-30-28-11-7-5-9-26(28)27-10-6-8-12-29(27)30/h5-16,30-35,37H,17-19H2,1-4H3,(H,39,46)(H,44,45)/t31-,32+,33+,34-,35+,37-/m0/s1. The lowest BCUT2D eigenvalue weighted by Gasteiger charge is -2.43. The lowest BCUT2D eigenvalue weighted by Crippen LogP contribution is -2.63. The lowest BCUT2D eigenvalue weighted by atomic mass is 9.98. The number of carbonyl (C=O) groups excluding carboxylic acids is 5. The number of carboxylic acid groups (broad SMARTS) is 1. The topological polar surface area (TPSA) is 199 Å². The molecule has 6 atom stereocenters. The molecule has 1 amide bonds. The Morgan fingerprint density at radius 2 is 1.23 bits per heavy atom. The van der Waals surface area contributed by atoms with Crippen LogP contribution in [0.15, 0.2) is 72.8 Å². The zero-order chi connectivity index (χ0) is 38.2. The number of alkyl carbamates (subject to hydrolysis) is 1. The SMILES string of the molecule is CC(=O)OC[C@H]1O[C@H](Oc2ccc(C[C@H](NC(=O)OCC3c4ccccc4-c4ccccc43)C(=O)O)cc2)[C@H](OC(C)=O)[C@@H](OC(C)=O)[C@@H]1OC(C)=O. The third kappa shape index (κ3) is 9.68. The number of amides is 1. The van der Waals surface area contributed by atoms with Crippen molar-refractivity contribution in [1.29, 1.82) is 0 Å². The van der Waals surface area contributed by atoms with Gasteiger partial charge in [-0.3, -0.25) is 19.2 Å². The minimum atomic E-state index is -1.46. The second kappa shape index (κ2) is 17.0. The van der Waals surface area contributed by atoms with E-state index in [1.54, 1.807) is 12.1 Å². The monoisotopic (exact) mass is 733 g/mol. The van der Waals surface area contributed by atoms with Crippen molar-refractivity contribution in [1.82, 2.24) is 5.32 Å². The molecule has 0 radical (unpaired) electrons. The third-order valence-corrected chi connectivity index (χ3v) is 8.50. The summed E-state index contributed by atoms with van der Waals surface area (Å²) in [5.74, 6) is -4.34. The average molecular weight is 734 g/mol. The van der Waals surface area contributed by atoms with Crippen molar-refractivity contribution in [3.05, 3.63) is 89.5 Å². The molecule has 280 valence electrons. The van der Waals surface area contributed by atoms with Crippen LogP contribution in [-0.2, 0) is 58.8 Å². The molecule has 15 nitrogen and oxygen atoms in total. The Hall–Kier alpha value is -5.96. The quantitative estimate of drug-likeness (QED) is 0.190. The highest BCUT2D eigenvalue weighted by Gasteiger charge is 2.53. The van der Waals surface area contributed by atoms with Gasteiger partial charge in [-0.1, -0.05) is 60.7 Å². The molecule has 0 bridgehead atoms. The Labute approximate surface area is 304 Å². The molecular formula is C38H39NO14. The number of aliphatic carboxylic acids is 1. The van der Waals surface area contributed by atoms with Gasteiger partial charge in [-0.05, 0) is 39.9 Å². The molecule has 0 aromatic heterocycles. The molecule has 5 rings (SSSR count). The van der Waals surface area contributed by atoms with Crippen LogP contribution in [0, 0.1) is 0 Å². The first-order valence-corrected chi connectivity index (χ1v) is 16.7. The van der Waals surface area contributed by atoms with Crippen molar-refractivity contribution in [2.75, 3.05) is 13.2 Å². The summed E-state index contributed by atoms with van der Waals surface area (Å²) in [5.41, 5.74) is 4.65. The van der Waals surface area contributed by atoms with Crippen molar-refractivity contribution in [2.45, 2.75) is 76.8 Å². The van der Waals surface area contributed by atoms with Crippen LogP contribution in [0.3, 0.4) is 0 Å². The first-order chi connectivity index (χ1) is 25.3. The third-order valence-electron chi connectivity index (χ3n) is 8.50. The van der Waals surface area contributed by atoms with Crippen molar-refractivity contribution in [2.24, 2.45) is 0 Å². The van der Waals surface area contributed by atoms with E-state index in [0.717, 1.165) is 49.9 Å². The molecule has 0 saturated carbocycles. The minimum absolute atomic E-state index is 0.0114. The number of benzene rings is 3. The van der Waals surface area contributed by atoms with Crippen LogP contribution in [0.25, 0.3) is 11.1 Å². The fourth-order valence-corrected chi connectivity index (χ4v) is 6.34. The number of fused-ring (bicyclic) bond motifs is 3. The summed E-state index contributed by atoms with van der Waals surface area (Å²) in [6.07, 6.45) is -7.86. The van der Waals surface area contributed by atoms with Gasteiger partial charge in [0.05, 0.1) is 0 Å². The largest absolute Gasteiger partial charge is 0.480 e. The molecule has 2 N–H and O–H groups in total. The van der Waals surface area contributed by atoms with Gasteiger partial charge in [0.15, 0.2) is 12.2 Å². The molecule has 1 fully saturated rings. The molecule has 1 aliphatic carbocycles. The summed E-state index contributed by atoms with van der Waals surface area (Å²) in [4.78, 5) is 72.8. The summed E-state index contributed by atoms with van der Waals surface area (Å²) >= 11 is 0. The molecule has 53 heavy (non-hydrogen) atoms. The van der Waals surface area contributed by atoms with Gasteiger partial charge >= 0.3 is 35.9 Å². The fraction of sp³-hybridized carbons (Fsp3) is 0.368. The van der Waals surface area contributed by atoms with E-state index >= 15 is 0 Å².